The van der Waals surface area contributed by atoms with Crippen LogP contribution in [0.1, 0.15) is 6.92 Å². The first-order valence-corrected chi connectivity index (χ1v) is 6.26. The van der Waals surface area contributed by atoms with Crippen LogP contribution >= 0.6 is 0 Å². The monoisotopic (exact) mass is 164 g/mol. The Bertz CT molecular complexity index is 60.9. The summed E-state index contributed by atoms with van der Waals surface area (Å²) >= 11 is 0. The van der Waals surface area contributed by atoms with Gasteiger partial charge >= 0.3 is 0 Å². The predicted octanol–water partition coefficient (Wildman–Crippen LogP) is -0.327. The largest absolute Gasteiger partial charge is 0.427 e. The summed E-state index contributed by atoms with van der Waals surface area (Å²) in [6.07, 6.45) is 0. The van der Waals surface area contributed by atoms with Crippen LogP contribution in [0.2, 0.25) is 11.6 Å². The first-order chi connectivity index (χ1) is 4.31. The molecule has 0 amide bonds. The van der Waals surface area contributed by atoms with Crippen LogP contribution in [0.5, 0.6) is 0 Å². The highest BCUT2D eigenvalue weighted by Gasteiger charge is 2.00. The molecule has 0 aromatic carbocycles. The summed E-state index contributed by atoms with van der Waals surface area (Å²) in [5.74, 6) is 0. The molecule has 2 nitrogen and oxygen atoms in total. The van der Waals surface area contributed by atoms with Crippen LogP contribution in [0.4, 0.5) is 0 Å². The molecule has 1 atom stereocenters. The molecule has 0 aliphatic heterocycles. The molecular formula is C5H16O2Si2. The van der Waals surface area contributed by atoms with Crippen LogP contribution in [-0.2, 0) is 8.85 Å². The Labute approximate surface area is 61.8 Å². The molecule has 0 aliphatic carbocycles. The molecular weight excluding hydrogens is 148 g/mol. The zero-order valence-electron chi connectivity index (χ0n) is 6.52. The fourth-order valence-corrected chi connectivity index (χ4v) is 3.06. The molecule has 0 fully saturated rings. The summed E-state index contributed by atoms with van der Waals surface area (Å²) < 4.78 is 10.2. The fraction of sp³-hybridized carbons (Fsp3) is 1.00. The second-order valence-corrected chi connectivity index (χ2v) is 6.21. The zero-order chi connectivity index (χ0) is 7.11. The maximum atomic E-state index is 5.11. The lowest BCUT2D eigenvalue weighted by molar-refractivity contribution is 0.425. The van der Waals surface area contributed by atoms with Gasteiger partial charge in [0.15, 0.2) is 19.5 Å². The van der Waals surface area contributed by atoms with E-state index in [2.05, 4.69) is 6.92 Å². The quantitative estimate of drug-likeness (QED) is 0.518. The van der Waals surface area contributed by atoms with Gasteiger partial charge in [0.25, 0.3) is 0 Å². The smallest absolute Gasteiger partial charge is 0.163 e. The van der Waals surface area contributed by atoms with Gasteiger partial charge in [0.1, 0.15) is 0 Å². The van der Waals surface area contributed by atoms with Crippen molar-refractivity contribution in [3.05, 3.63) is 0 Å². The van der Waals surface area contributed by atoms with E-state index >= 15 is 0 Å². The molecule has 0 radical (unpaired) electrons. The van der Waals surface area contributed by atoms with Gasteiger partial charge in [0.2, 0.25) is 0 Å². The topological polar surface area (TPSA) is 18.5 Å². The molecule has 0 rings (SSSR count). The third kappa shape index (κ3) is 6.24. The van der Waals surface area contributed by atoms with Crippen LogP contribution in [-0.4, -0.2) is 33.7 Å². The fourth-order valence-electron chi connectivity index (χ4n) is 0.687. The number of hydrogen-bond donors (Lipinski definition) is 0. The van der Waals surface area contributed by atoms with Gasteiger partial charge < -0.3 is 8.85 Å². The van der Waals surface area contributed by atoms with E-state index in [0.29, 0.717) is 0 Å². The Kier molecular flexibility index (Phi) is 6.73. The molecule has 9 heavy (non-hydrogen) atoms. The van der Waals surface area contributed by atoms with Crippen molar-refractivity contribution in [1.82, 2.24) is 0 Å². The Balaban J connectivity index is 2.95. The van der Waals surface area contributed by atoms with Crippen molar-refractivity contribution in [3.63, 3.8) is 0 Å². The van der Waals surface area contributed by atoms with E-state index in [1.54, 1.807) is 14.2 Å². The Hall–Kier alpha value is 0.354. The summed E-state index contributed by atoms with van der Waals surface area (Å²) in [7, 11) is 3.19. The first-order valence-electron chi connectivity index (χ1n) is 3.29. The minimum absolute atomic E-state index is 0.191. The molecule has 0 aliphatic rings. The van der Waals surface area contributed by atoms with Gasteiger partial charge in [-0.05, 0) is 11.6 Å². The Morgan fingerprint density at radius 1 is 1.33 bits per heavy atom. The lowest BCUT2D eigenvalue weighted by Gasteiger charge is -2.06. The van der Waals surface area contributed by atoms with Crippen LogP contribution in [0, 0.1) is 0 Å². The standard InChI is InChI=1S/C5H16O2Si2/c1-5(9-7-3)4-8-6-2/h5H,4,8-9H2,1-3H3. The SMILES string of the molecule is CO[SiH2]CC(C)[SiH2]OC. The van der Waals surface area contributed by atoms with Crippen molar-refractivity contribution >= 4 is 19.5 Å². The van der Waals surface area contributed by atoms with Crippen LogP contribution in [0.15, 0.2) is 0 Å². The maximum Gasteiger partial charge on any atom is 0.163 e. The van der Waals surface area contributed by atoms with Gasteiger partial charge in [-0.1, -0.05) is 6.92 Å². The molecule has 1 unspecified atom stereocenters. The van der Waals surface area contributed by atoms with Gasteiger partial charge in [-0.2, -0.15) is 0 Å². The minimum Gasteiger partial charge on any atom is -0.427 e. The van der Waals surface area contributed by atoms with Crippen molar-refractivity contribution in [2.45, 2.75) is 18.5 Å². The van der Waals surface area contributed by atoms with E-state index in [1.807, 2.05) is 0 Å². The van der Waals surface area contributed by atoms with Gasteiger partial charge in [-0.25, -0.2) is 0 Å². The lowest BCUT2D eigenvalue weighted by Crippen LogP contribution is -2.05. The molecule has 0 aromatic rings. The van der Waals surface area contributed by atoms with Gasteiger partial charge in [0.05, 0.1) is 0 Å². The van der Waals surface area contributed by atoms with E-state index < -0.39 is 0 Å². The van der Waals surface area contributed by atoms with E-state index in [4.69, 9.17) is 8.85 Å². The van der Waals surface area contributed by atoms with Gasteiger partial charge in [-0.15, -0.1) is 0 Å². The highest BCUT2D eigenvalue weighted by Crippen LogP contribution is 2.06. The molecule has 0 spiro atoms. The highest BCUT2D eigenvalue weighted by molar-refractivity contribution is 6.35. The van der Waals surface area contributed by atoms with E-state index in [0.717, 1.165) is 5.54 Å². The first kappa shape index (κ1) is 9.35. The van der Waals surface area contributed by atoms with E-state index in [9.17, 15) is 0 Å². The average molecular weight is 164 g/mol. The molecule has 0 aromatic heterocycles. The van der Waals surface area contributed by atoms with Gasteiger partial charge in [0, 0.05) is 14.2 Å². The number of rotatable bonds is 5. The zero-order valence-corrected chi connectivity index (χ0v) is 9.34. The molecule has 0 heterocycles. The van der Waals surface area contributed by atoms with Crippen molar-refractivity contribution < 1.29 is 8.85 Å². The minimum atomic E-state index is -0.220. The van der Waals surface area contributed by atoms with E-state index in [-0.39, 0.29) is 19.5 Å². The van der Waals surface area contributed by atoms with Crippen LogP contribution in [0.25, 0.3) is 0 Å². The molecule has 0 saturated heterocycles. The summed E-state index contributed by atoms with van der Waals surface area (Å²) in [5.41, 5.74) is 0.821. The lowest BCUT2D eigenvalue weighted by atomic mass is 10.6. The number of hydrogen-bond acceptors (Lipinski definition) is 2. The summed E-state index contributed by atoms with van der Waals surface area (Å²) in [6, 6.07) is 1.29. The molecule has 0 N–H and O–H groups in total. The Morgan fingerprint density at radius 2 is 2.00 bits per heavy atom. The van der Waals surface area contributed by atoms with Crippen LogP contribution in [0.3, 0.4) is 0 Å². The maximum absolute atomic E-state index is 5.11. The molecule has 56 valence electrons. The second-order valence-electron chi connectivity index (χ2n) is 2.34. The molecule has 4 heteroatoms. The summed E-state index contributed by atoms with van der Waals surface area (Å²) in [6.45, 7) is 2.25. The van der Waals surface area contributed by atoms with Gasteiger partial charge in [-0.3, -0.25) is 0 Å². The summed E-state index contributed by atoms with van der Waals surface area (Å²) in [4.78, 5) is 0. The third-order valence-corrected chi connectivity index (χ3v) is 5.02. The van der Waals surface area contributed by atoms with Crippen molar-refractivity contribution in [2.24, 2.45) is 0 Å². The van der Waals surface area contributed by atoms with Crippen molar-refractivity contribution in [1.29, 1.82) is 0 Å². The Morgan fingerprint density at radius 3 is 2.44 bits per heavy atom. The van der Waals surface area contributed by atoms with Crippen molar-refractivity contribution in [2.75, 3.05) is 14.2 Å². The molecule has 0 saturated carbocycles. The highest BCUT2D eigenvalue weighted by atomic mass is 28.2. The second kappa shape index (κ2) is 6.47. The van der Waals surface area contributed by atoms with Crippen molar-refractivity contribution in [3.8, 4) is 0 Å². The third-order valence-electron chi connectivity index (χ3n) is 1.27. The normalized spacial score (nSPS) is 16.3. The van der Waals surface area contributed by atoms with Crippen LogP contribution < -0.4 is 0 Å². The van der Waals surface area contributed by atoms with E-state index in [1.165, 1.54) is 6.04 Å². The average Bonchev–Trinajstić information content (AvgIpc) is 1.85. The molecule has 0 bridgehead atoms. The summed E-state index contributed by atoms with van der Waals surface area (Å²) in [5, 5.41) is 0. The predicted molar refractivity (Wildman–Crippen MR) is 45.3 cm³/mol.